The minimum atomic E-state index is -0.440. The molecule has 0 aliphatic rings. The fourth-order valence-corrected chi connectivity index (χ4v) is 0.547. The van der Waals surface area contributed by atoms with Crippen molar-refractivity contribution in [1.82, 2.24) is 10.7 Å². The van der Waals surface area contributed by atoms with Gasteiger partial charge in [-0.25, -0.2) is 4.39 Å². The van der Waals surface area contributed by atoms with Crippen LogP contribution in [0.1, 0.15) is 0 Å². The number of nitrogens with zero attached hydrogens (tertiary/aromatic N) is 1. The third-order valence-corrected chi connectivity index (χ3v) is 0.974. The summed E-state index contributed by atoms with van der Waals surface area (Å²) in [7, 11) is 1.73. The lowest BCUT2D eigenvalue weighted by atomic mass is 10.6. The Bertz CT molecular complexity index is 147. The first-order valence-electron chi connectivity index (χ1n) is 3.16. The molecule has 0 rings (SSSR count). The highest BCUT2D eigenvalue weighted by molar-refractivity contribution is 6.39. The molecule has 0 aliphatic carbocycles. The van der Waals surface area contributed by atoms with Gasteiger partial charge < -0.3 is 10.7 Å². The zero-order valence-corrected chi connectivity index (χ0v) is 7.03. The molecule has 0 aromatic rings. The molecule has 0 aromatic carbocycles. The summed E-state index contributed by atoms with van der Waals surface area (Å²) in [6.07, 6.45) is 2.97. The minimum Gasteiger partial charge on any atom is -0.393 e. The number of nitrogens with one attached hydrogen (secondary N) is 2. The number of rotatable bonds is 5. The molecule has 0 unspecified atom stereocenters. The van der Waals surface area contributed by atoms with Crippen LogP contribution in [0.3, 0.4) is 0 Å². The van der Waals surface area contributed by atoms with E-state index >= 15 is 0 Å². The smallest absolute Gasteiger partial charge is 0.108 e. The highest BCUT2D eigenvalue weighted by Crippen LogP contribution is 1.92. The summed E-state index contributed by atoms with van der Waals surface area (Å²) in [5.74, 6) is 0. The first kappa shape index (κ1) is 10.2. The Morgan fingerprint density at radius 2 is 2.45 bits per heavy atom. The molecule has 0 spiro atoms. The van der Waals surface area contributed by atoms with Gasteiger partial charge in [0.1, 0.15) is 6.67 Å². The van der Waals surface area contributed by atoms with Gasteiger partial charge in [-0.15, -0.1) is 0 Å². The van der Waals surface area contributed by atoms with Gasteiger partial charge in [-0.2, -0.15) is 5.10 Å². The van der Waals surface area contributed by atoms with E-state index in [2.05, 4.69) is 15.8 Å². The monoisotopic (exact) mass is 179 g/mol. The van der Waals surface area contributed by atoms with Gasteiger partial charge in [0.15, 0.2) is 0 Å². The molecule has 64 valence electrons. The summed E-state index contributed by atoms with van der Waals surface area (Å²) < 4.78 is 11.5. The van der Waals surface area contributed by atoms with Crippen LogP contribution in [0.4, 0.5) is 4.39 Å². The second kappa shape index (κ2) is 7.34. The van der Waals surface area contributed by atoms with E-state index in [1.807, 2.05) is 0 Å². The molecule has 0 saturated carbocycles. The number of allylic oxidation sites excluding steroid dienone is 1. The highest BCUT2D eigenvalue weighted by atomic mass is 35.5. The maximum Gasteiger partial charge on any atom is 0.108 e. The molecule has 0 heterocycles. The van der Waals surface area contributed by atoms with E-state index in [4.69, 9.17) is 11.6 Å². The molecule has 0 radical (unpaired) electrons. The summed E-state index contributed by atoms with van der Waals surface area (Å²) >= 11 is 5.58. The van der Waals surface area contributed by atoms with Gasteiger partial charge in [0.05, 0.1) is 17.8 Å². The fourth-order valence-electron chi connectivity index (χ4n) is 0.389. The number of alkyl halides is 1. The van der Waals surface area contributed by atoms with Crippen LogP contribution in [0.5, 0.6) is 0 Å². The Hall–Kier alpha value is -0.770. The lowest BCUT2D eigenvalue weighted by Gasteiger charge is -1.92. The molecule has 0 atom stereocenters. The maximum atomic E-state index is 11.5. The van der Waals surface area contributed by atoms with Gasteiger partial charge >= 0.3 is 0 Å². The van der Waals surface area contributed by atoms with Crippen LogP contribution in [0.25, 0.3) is 0 Å². The minimum absolute atomic E-state index is 0.209. The van der Waals surface area contributed by atoms with Gasteiger partial charge in [-0.1, -0.05) is 11.6 Å². The molecule has 2 N–H and O–H groups in total. The van der Waals surface area contributed by atoms with Gasteiger partial charge in [0.2, 0.25) is 0 Å². The van der Waals surface area contributed by atoms with Crippen molar-refractivity contribution in [3.63, 3.8) is 0 Å². The van der Waals surface area contributed by atoms with Crippen molar-refractivity contribution >= 4 is 17.8 Å². The molecule has 0 aromatic heterocycles. The van der Waals surface area contributed by atoms with Crippen molar-refractivity contribution in [3.05, 3.63) is 11.2 Å². The molecular weight excluding hydrogens is 169 g/mol. The van der Waals surface area contributed by atoms with Crippen LogP contribution in [0.2, 0.25) is 0 Å². The maximum absolute atomic E-state index is 11.5. The largest absolute Gasteiger partial charge is 0.393 e. The molecule has 0 bridgehead atoms. The Morgan fingerprint density at radius 1 is 1.73 bits per heavy atom. The topological polar surface area (TPSA) is 36.4 Å². The lowest BCUT2D eigenvalue weighted by molar-refractivity contribution is 0.473. The summed E-state index contributed by atoms with van der Waals surface area (Å²) in [5, 5.41) is 6.80. The first-order valence-corrected chi connectivity index (χ1v) is 3.54. The average Bonchev–Trinajstić information content (AvgIpc) is 1.99. The highest BCUT2D eigenvalue weighted by Gasteiger charge is 1.82. The Morgan fingerprint density at radius 3 is 3.00 bits per heavy atom. The summed E-state index contributed by atoms with van der Waals surface area (Å²) in [5.41, 5.74) is 2.47. The molecule has 5 heteroatoms. The summed E-state index contributed by atoms with van der Waals surface area (Å²) in [6.45, 7) is -0.231. The van der Waals surface area contributed by atoms with Gasteiger partial charge in [0.25, 0.3) is 0 Å². The van der Waals surface area contributed by atoms with Crippen molar-refractivity contribution in [2.75, 3.05) is 20.3 Å². The summed E-state index contributed by atoms with van der Waals surface area (Å²) in [4.78, 5) is 0. The molecule has 0 amide bonds. The van der Waals surface area contributed by atoms with E-state index in [1.165, 1.54) is 6.21 Å². The SMILES string of the molecule is CN/C=C(Cl)\C=N/NCCF. The van der Waals surface area contributed by atoms with Crippen molar-refractivity contribution in [2.24, 2.45) is 5.10 Å². The zero-order valence-electron chi connectivity index (χ0n) is 6.27. The van der Waals surface area contributed by atoms with Crippen LogP contribution in [0, 0.1) is 0 Å². The van der Waals surface area contributed by atoms with Crippen LogP contribution in [-0.2, 0) is 0 Å². The van der Waals surface area contributed by atoms with Crippen LogP contribution >= 0.6 is 11.6 Å². The molecule has 11 heavy (non-hydrogen) atoms. The van der Waals surface area contributed by atoms with Crippen LogP contribution in [0.15, 0.2) is 16.3 Å². The third kappa shape index (κ3) is 7.12. The normalized spacial score (nSPS) is 12.1. The third-order valence-electron chi connectivity index (χ3n) is 0.768. The predicted octanol–water partition coefficient (Wildman–Crippen LogP) is 0.831. The molecule has 0 fully saturated rings. The molecule has 0 aliphatic heterocycles. The fraction of sp³-hybridized carbons (Fsp3) is 0.500. The van der Waals surface area contributed by atoms with Crippen molar-refractivity contribution in [1.29, 1.82) is 0 Å². The van der Waals surface area contributed by atoms with E-state index < -0.39 is 6.67 Å². The van der Waals surface area contributed by atoms with E-state index in [-0.39, 0.29) is 6.54 Å². The number of hydrogen-bond acceptors (Lipinski definition) is 3. The molecule has 0 saturated heterocycles. The second-order valence-corrected chi connectivity index (χ2v) is 2.11. The predicted molar refractivity (Wildman–Crippen MR) is 45.5 cm³/mol. The van der Waals surface area contributed by atoms with Crippen LogP contribution in [-0.4, -0.2) is 26.5 Å². The molecule has 3 nitrogen and oxygen atoms in total. The van der Waals surface area contributed by atoms with E-state index in [1.54, 1.807) is 13.2 Å². The zero-order chi connectivity index (χ0) is 8.53. The number of hydrogen-bond donors (Lipinski definition) is 2. The standard InChI is InChI=1S/C6H11ClFN3/c1-9-4-6(7)5-11-10-3-2-8/h4-5,9-10H,2-3H2,1H3/b6-4+,11-5-. The Balaban J connectivity index is 3.48. The van der Waals surface area contributed by atoms with Crippen molar-refractivity contribution in [3.8, 4) is 0 Å². The van der Waals surface area contributed by atoms with Crippen molar-refractivity contribution < 1.29 is 4.39 Å². The van der Waals surface area contributed by atoms with Gasteiger partial charge in [-0.05, 0) is 0 Å². The van der Waals surface area contributed by atoms with E-state index in [9.17, 15) is 4.39 Å². The molecular formula is C6H11ClFN3. The average molecular weight is 180 g/mol. The van der Waals surface area contributed by atoms with E-state index in [0.29, 0.717) is 5.03 Å². The number of halogens is 2. The quantitative estimate of drug-likeness (QED) is 0.373. The lowest BCUT2D eigenvalue weighted by Crippen LogP contribution is -2.09. The van der Waals surface area contributed by atoms with Crippen LogP contribution < -0.4 is 10.7 Å². The number of hydrazone groups is 1. The van der Waals surface area contributed by atoms with Gasteiger partial charge in [-0.3, -0.25) is 0 Å². The van der Waals surface area contributed by atoms with E-state index in [0.717, 1.165) is 0 Å². The Labute approximate surface area is 70.3 Å². The first-order chi connectivity index (χ1) is 5.31. The second-order valence-electron chi connectivity index (χ2n) is 1.67. The van der Waals surface area contributed by atoms with Gasteiger partial charge in [0, 0.05) is 13.2 Å². The van der Waals surface area contributed by atoms with Crippen molar-refractivity contribution in [2.45, 2.75) is 0 Å². The Kier molecular flexibility index (Phi) is 6.82. The summed E-state index contributed by atoms with van der Waals surface area (Å²) in [6, 6.07) is 0.